The van der Waals surface area contributed by atoms with Gasteiger partial charge >= 0.3 is 0 Å². The van der Waals surface area contributed by atoms with Gasteiger partial charge < -0.3 is 0 Å². The Balaban J connectivity index is 2.34. The van der Waals surface area contributed by atoms with Crippen molar-refractivity contribution in [1.29, 1.82) is 0 Å². The molecule has 1 aliphatic rings. The molecule has 1 aliphatic heterocycles. The van der Waals surface area contributed by atoms with Crippen LogP contribution in [0.5, 0.6) is 0 Å². The number of hydrazine groups is 1. The lowest BCUT2D eigenvalue weighted by atomic mass is 10.3. The van der Waals surface area contributed by atoms with Crippen molar-refractivity contribution in [3.8, 4) is 0 Å². The topological polar surface area (TPSA) is 40.6 Å². The first-order valence-electron chi connectivity index (χ1n) is 4.12. The molecule has 0 N–H and O–H groups in total. The highest BCUT2D eigenvalue weighted by Gasteiger charge is 2.24. The summed E-state index contributed by atoms with van der Waals surface area (Å²) in [6.07, 6.45) is 1.10. The van der Waals surface area contributed by atoms with Crippen LogP contribution in [0.25, 0.3) is 0 Å². The van der Waals surface area contributed by atoms with Gasteiger partial charge in [0.2, 0.25) is 5.91 Å². The Labute approximate surface area is 72.1 Å². The number of carbonyl (C=O) groups is 2. The first kappa shape index (κ1) is 9.19. The van der Waals surface area contributed by atoms with E-state index >= 15 is 0 Å². The number of rotatable bonds is 3. The standard InChI is InChI=1S/C8H14N2O2/c1-7(11)3-5-10-6-4-8(12)9(10)2/h3-6H2,1-2H3. The second kappa shape index (κ2) is 3.67. The molecule has 1 amide bonds. The first-order valence-corrected chi connectivity index (χ1v) is 4.12. The maximum Gasteiger partial charge on any atom is 0.237 e. The van der Waals surface area contributed by atoms with Crippen molar-refractivity contribution < 1.29 is 9.59 Å². The monoisotopic (exact) mass is 170 g/mol. The molecule has 1 heterocycles. The molecule has 0 unspecified atom stereocenters. The van der Waals surface area contributed by atoms with Gasteiger partial charge in [-0.05, 0) is 6.92 Å². The van der Waals surface area contributed by atoms with Crippen LogP contribution in [-0.2, 0) is 9.59 Å². The van der Waals surface area contributed by atoms with Crippen LogP contribution < -0.4 is 0 Å². The summed E-state index contributed by atoms with van der Waals surface area (Å²) >= 11 is 0. The van der Waals surface area contributed by atoms with Gasteiger partial charge in [0.1, 0.15) is 5.78 Å². The van der Waals surface area contributed by atoms with Crippen LogP contribution >= 0.6 is 0 Å². The average molecular weight is 170 g/mol. The highest BCUT2D eigenvalue weighted by Crippen LogP contribution is 2.09. The van der Waals surface area contributed by atoms with E-state index in [0.29, 0.717) is 19.4 Å². The second-order valence-corrected chi connectivity index (χ2v) is 3.07. The lowest BCUT2D eigenvalue weighted by Gasteiger charge is -2.22. The fourth-order valence-electron chi connectivity index (χ4n) is 1.24. The molecular formula is C8H14N2O2. The van der Waals surface area contributed by atoms with E-state index in [0.717, 1.165) is 6.54 Å². The summed E-state index contributed by atoms with van der Waals surface area (Å²) in [5.74, 6) is 0.307. The Kier molecular flexibility index (Phi) is 2.81. The average Bonchev–Trinajstić information content (AvgIpc) is 2.30. The van der Waals surface area contributed by atoms with E-state index in [-0.39, 0.29) is 11.7 Å². The number of hydrogen-bond donors (Lipinski definition) is 0. The number of hydrogen-bond acceptors (Lipinski definition) is 3. The molecule has 0 radical (unpaired) electrons. The zero-order chi connectivity index (χ0) is 9.14. The van der Waals surface area contributed by atoms with Crippen molar-refractivity contribution in [2.45, 2.75) is 19.8 Å². The van der Waals surface area contributed by atoms with E-state index in [2.05, 4.69) is 0 Å². The third kappa shape index (κ3) is 2.04. The highest BCUT2D eigenvalue weighted by atomic mass is 16.2. The molecule has 0 spiro atoms. The first-order chi connectivity index (χ1) is 5.61. The van der Waals surface area contributed by atoms with Crippen LogP contribution in [0.4, 0.5) is 0 Å². The van der Waals surface area contributed by atoms with Gasteiger partial charge in [-0.2, -0.15) is 0 Å². The SMILES string of the molecule is CC(=O)CCN1CCC(=O)N1C. The molecule has 4 nitrogen and oxygen atoms in total. The maximum absolute atomic E-state index is 11.0. The number of ketones is 1. The van der Waals surface area contributed by atoms with Crippen molar-refractivity contribution in [1.82, 2.24) is 10.0 Å². The van der Waals surface area contributed by atoms with Gasteiger partial charge in [0.05, 0.1) is 0 Å². The lowest BCUT2D eigenvalue weighted by molar-refractivity contribution is -0.136. The summed E-state index contributed by atoms with van der Waals surface area (Å²) in [6, 6.07) is 0. The number of amides is 1. The van der Waals surface area contributed by atoms with E-state index < -0.39 is 0 Å². The van der Waals surface area contributed by atoms with Gasteiger partial charge in [-0.3, -0.25) is 14.6 Å². The molecule has 0 saturated carbocycles. The summed E-state index contributed by atoms with van der Waals surface area (Å²) in [4.78, 5) is 21.7. The summed E-state index contributed by atoms with van der Waals surface area (Å²) < 4.78 is 0. The van der Waals surface area contributed by atoms with Gasteiger partial charge in [0, 0.05) is 33.0 Å². The third-order valence-electron chi connectivity index (χ3n) is 2.09. The molecule has 0 atom stereocenters. The molecule has 0 aromatic carbocycles. The van der Waals surface area contributed by atoms with Crippen LogP contribution in [0.15, 0.2) is 0 Å². The Bertz CT molecular complexity index is 203. The van der Waals surface area contributed by atoms with E-state index in [9.17, 15) is 9.59 Å². The van der Waals surface area contributed by atoms with Crippen molar-refractivity contribution in [3.63, 3.8) is 0 Å². The molecule has 0 aromatic rings. The van der Waals surface area contributed by atoms with Crippen molar-refractivity contribution in [3.05, 3.63) is 0 Å². The third-order valence-corrected chi connectivity index (χ3v) is 2.09. The summed E-state index contributed by atoms with van der Waals surface area (Å²) in [7, 11) is 1.75. The van der Waals surface area contributed by atoms with E-state index in [1.54, 1.807) is 19.0 Å². The fraction of sp³-hybridized carbons (Fsp3) is 0.750. The smallest absolute Gasteiger partial charge is 0.237 e. The Morgan fingerprint density at radius 1 is 1.58 bits per heavy atom. The molecule has 4 heteroatoms. The number of Topliss-reactive ketones (excluding diaryl/α,β-unsaturated/α-hetero) is 1. The number of carbonyl (C=O) groups excluding carboxylic acids is 2. The van der Waals surface area contributed by atoms with E-state index in [1.165, 1.54) is 0 Å². The molecule has 1 rings (SSSR count). The largest absolute Gasteiger partial charge is 0.300 e. The van der Waals surface area contributed by atoms with Crippen molar-refractivity contribution >= 4 is 11.7 Å². The minimum Gasteiger partial charge on any atom is -0.300 e. The van der Waals surface area contributed by atoms with Gasteiger partial charge in [-0.25, -0.2) is 5.01 Å². The van der Waals surface area contributed by atoms with Gasteiger partial charge in [0.25, 0.3) is 0 Å². The molecule has 0 bridgehead atoms. The Morgan fingerprint density at radius 3 is 2.67 bits per heavy atom. The van der Waals surface area contributed by atoms with E-state index in [1.807, 2.05) is 5.01 Å². The molecule has 1 fully saturated rings. The van der Waals surface area contributed by atoms with Crippen molar-refractivity contribution in [2.75, 3.05) is 20.1 Å². The zero-order valence-corrected chi connectivity index (χ0v) is 7.54. The van der Waals surface area contributed by atoms with Crippen LogP contribution in [0.1, 0.15) is 19.8 Å². The molecule has 12 heavy (non-hydrogen) atoms. The normalized spacial score (nSPS) is 18.8. The quantitative estimate of drug-likeness (QED) is 0.600. The molecular weight excluding hydrogens is 156 g/mol. The van der Waals surface area contributed by atoms with Crippen LogP contribution in [0.3, 0.4) is 0 Å². The van der Waals surface area contributed by atoms with Gasteiger partial charge in [-0.1, -0.05) is 0 Å². The Morgan fingerprint density at radius 2 is 2.25 bits per heavy atom. The van der Waals surface area contributed by atoms with Gasteiger partial charge in [0.15, 0.2) is 0 Å². The van der Waals surface area contributed by atoms with E-state index in [4.69, 9.17) is 0 Å². The van der Waals surface area contributed by atoms with Crippen LogP contribution in [-0.4, -0.2) is 41.8 Å². The minimum absolute atomic E-state index is 0.138. The molecule has 0 aliphatic carbocycles. The summed E-state index contributed by atoms with van der Waals surface area (Å²) in [6.45, 7) is 2.98. The minimum atomic E-state index is 0.138. The predicted octanol–water partition coefficient (Wildman–Crippen LogP) is 0.0446. The fourth-order valence-corrected chi connectivity index (χ4v) is 1.24. The van der Waals surface area contributed by atoms with Crippen LogP contribution in [0.2, 0.25) is 0 Å². The zero-order valence-electron chi connectivity index (χ0n) is 7.54. The second-order valence-electron chi connectivity index (χ2n) is 3.07. The van der Waals surface area contributed by atoms with Crippen molar-refractivity contribution in [2.24, 2.45) is 0 Å². The predicted molar refractivity (Wildman–Crippen MR) is 44.3 cm³/mol. The number of nitrogens with zero attached hydrogens (tertiary/aromatic N) is 2. The summed E-state index contributed by atoms with van der Waals surface area (Å²) in [5.41, 5.74) is 0. The maximum atomic E-state index is 11.0. The Hall–Kier alpha value is -0.900. The van der Waals surface area contributed by atoms with Gasteiger partial charge in [-0.15, -0.1) is 0 Å². The summed E-state index contributed by atoms with van der Waals surface area (Å²) in [5, 5.41) is 3.51. The molecule has 0 aromatic heterocycles. The lowest BCUT2D eigenvalue weighted by Crippen LogP contribution is -2.36. The van der Waals surface area contributed by atoms with Crippen LogP contribution in [0, 0.1) is 0 Å². The molecule has 68 valence electrons. The highest BCUT2D eigenvalue weighted by molar-refractivity contribution is 5.78. The molecule has 1 saturated heterocycles.